The maximum Gasteiger partial charge on any atom is 0.343 e. The number of nitrogens with zero attached hydrogens (tertiary/aromatic N) is 4. The molecule has 132 valence electrons. The van der Waals surface area contributed by atoms with E-state index in [2.05, 4.69) is 21.7 Å². The van der Waals surface area contributed by atoms with Crippen LogP contribution in [0.5, 0.6) is 0 Å². The highest BCUT2D eigenvalue weighted by Gasteiger charge is 2.35. The molecule has 1 N–H and O–H groups in total. The van der Waals surface area contributed by atoms with Crippen molar-refractivity contribution in [2.24, 2.45) is 0 Å². The average Bonchev–Trinajstić information content (AvgIpc) is 3.21. The third kappa shape index (κ3) is 3.17. The Labute approximate surface area is 142 Å². The number of rotatable bonds is 5. The highest BCUT2D eigenvalue weighted by atomic mass is 16.2. The number of carbonyl (C=O) groups excluding carboxylic acids is 1. The van der Waals surface area contributed by atoms with Crippen molar-refractivity contribution in [1.29, 1.82) is 0 Å². The highest BCUT2D eigenvalue weighted by molar-refractivity contribution is 5.82. The van der Waals surface area contributed by atoms with E-state index in [4.69, 9.17) is 0 Å². The Kier molecular flexibility index (Phi) is 5.18. The standard InChI is InChI=1S/C17H27N5O2/c1-3-9-20-10-5-6-14(20)16(23)21-11-7-13(8-12-21)15-18-19-17(24)22(15)4-2/h3,13-14H,1,4-12H2,2H3,(H,19,24)/t14-/m0/s1. The molecule has 0 aliphatic carbocycles. The SMILES string of the molecule is C=CCN1CCC[C@H]1C(=O)N1CCC(c2n[nH]c(=O)n2CC)CC1. The number of H-pyrrole nitrogens is 1. The lowest BCUT2D eigenvalue weighted by atomic mass is 9.95. The lowest BCUT2D eigenvalue weighted by Gasteiger charge is -2.35. The second-order valence-corrected chi connectivity index (χ2v) is 6.67. The Morgan fingerprint density at radius 2 is 2.08 bits per heavy atom. The van der Waals surface area contributed by atoms with E-state index >= 15 is 0 Å². The summed E-state index contributed by atoms with van der Waals surface area (Å²) in [6, 6.07) is 0.0127. The van der Waals surface area contributed by atoms with Gasteiger partial charge in [-0.25, -0.2) is 9.89 Å². The number of amides is 1. The monoisotopic (exact) mass is 333 g/mol. The van der Waals surface area contributed by atoms with Gasteiger partial charge in [-0.15, -0.1) is 6.58 Å². The van der Waals surface area contributed by atoms with Crippen molar-refractivity contribution < 1.29 is 4.79 Å². The molecule has 1 aromatic rings. The lowest BCUT2D eigenvalue weighted by Crippen LogP contribution is -2.48. The van der Waals surface area contributed by atoms with E-state index in [1.54, 1.807) is 4.57 Å². The van der Waals surface area contributed by atoms with Gasteiger partial charge in [0.05, 0.1) is 6.04 Å². The Bertz CT molecular complexity index is 642. The third-order valence-electron chi connectivity index (χ3n) is 5.29. The number of aromatic nitrogens is 3. The fraction of sp³-hybridized carbons (Fsp3) is 0.706. The molecule has 3 rings (SSSR count). The van der Waals surface area contributed by atoms with E-state index in [0.29, 0.717) is 6.54 Å². The Morgan fingerprint density at radius 1 is 1.33 bits per heavy atom. The fourth-order valence-corrected chi connectivity index (χ4v) is 4.01. The number of piperidine rings is 1. The molecular weight excluding hydrogens is 306 g/mol. The minimum atomic E-state index is -0.142. The van der Waals surface area contributed by atoms with Gasteiger partial charge in [-0.3, -0.25) is 14.3 Å². The van der Waals surface area contributed by atoms with E-state index in [1.165, 1.54) is 0 Å². The maximum atomic E-state index is 12.8. The summed E-state index contributed by atoms with van der Waals surface area (Å²) in [5.74, 6) is 1.34. The Hall–Kier alpha value is -1.89. The summed E-state index contributed by atoms with van der Waals surface area (Å²) in [6.07, 6.45) is 5.63. The molecule has 24 heavy (non-hydrogen) atoms. The first-order valence-corrected chi connectivity index (χ1v) is 8.94. The maximum absolute atomic E-state index is 12.8. The second-order valence-electron chi connectivity index (χ2n) is 6.67. The van der Waals surface area contributed by atoms with Crippen LogP contribution in [0.2, 0.25) is 0 Å². The molecule has 0 aromatic carbocycles. The summed E-state index contributed by atoms with van der Waals surface area (Å²) in [6.45, 7) is 9.61. The second kappa shape index (κ2) is 7.34. The van der Waals surface area contributed by atoms with Gasteiger partial charge in [0, 0.05) is 32.1 Å². The van der Waals surface area contributed by atoms with Crippen molar-refractivity contribution in [3.8, 4) is 0 Å². The van der Waals surface area contributed by atoms with Crippen molar-refractivity contribution in [3.05, 3.63) is 29.0 Å². The van der Waals surface area contributed by atoms with E-state index in [9.17, 15) is 9.59 Å². The molecule has 1 aromatic heterocycles. The molecule has 3 heterocycles. The van der Waals surface area contributed by atoms with Crippen LogP contribution in [0.1, 0.15) is 44.3 Å². The van der Waals surface area contributed by atoms with Gasteiger partial charge in [-0.05, 0) is 39.2 Å². The lowest BCUT2D eigenvalue weighted by molar-refractivity contribution is -0.136. The first-order valence-electron chi connectivity index (χ1n) is 8.94. The van der Waals surface area contributed by atoms with Crippen molar-refractivity contribution in [1.82, 2.24) is 24.6 Å². The molecule has 1 amide bonds. The molecule has 7 heteroatoms. The summed E-state index contributed by atoms with van der Waals surface area (Å²) >= 11 is 0. The Morgan fingerprint density at radius 3 is 2.75 bits per heavy atom. The summed E-state index contributed by atoms with van der Waals surface area (Å²) in [5.41, 5.74) is -0.142. The molecule has 2 fully saturated rings. The normalized spacial score (nSPS) is 22.9. The summed E-state index contributed by atoms with van der Waals surface area (Å²) < 4.78 is 1.70. The summed E-state index contributed by atoms with van der Waals surface area (Å²) in [4.78, 5) is 28.8. The van der Waals surface area contributed by atoms with E-state index in [1.807, 2.05) is 17.9 Å². The van der Waals surface area contributed by atoms with Crippen LogP contribution >= 0.6 is 0 Å². The van der Waals surface area contributed by atoms with Crippen molar-refractivity contribution in [3.63, 3.8) is 0 Å². The molecule has 0 saturated carbocycles. The summed E-state index contributed by atoms with van der Waals surface area (Å²) in [7, 11) is 0. The molecule has 2 aliphatic heterocycles. The Balaban J connectivity index is 1.61. The number of likely N-dealkylation sites (tertiary alicyclic amines) is 2. The van der Waals surface area contributed by atoms with Gasteiger partial charge in [-0.1, -0.05) is 6.08 Å². The minimum Gasteiger partial charge on any atom is -0.341 e. The minimum absolute atomic E-state index is 0.0127. The molecule has 0 spiro atoms. The molecule has 0 unspecified atom stereocenters. The van der Waals surface area contributed by atoms with Crippen LogP contribution < -0.4 is 5.69 Å². The van der Waals surface area contributed by atoms with Crippen molar-refractivity contribution >= 4 is 5.91 Å². The van der Waals surface area contributed by atoms with Gasteiger partial charge in [0.1, 0.15) is 5.82 Å². The van der Waals surface area contributed by atoms with Gasteiger partial charge in [0.15, 0.2) is 0 Å². The summed E-state index contributed by atoms with van der Waals surface area (Å²) in [5, 5.41) is 6.74. The quantitative estimate of drug-likeness (QED) is 0.814. The number of hydrogen-bond acceptors (Lipinski definition) is 4. The predicted octanol–water partition coefficient (Wildman–Crippen LogP) is 0.948. The van der Waals surface area contributed by atoms with Gasteiger partial charge >= 0.3 is 5.69 Å². The van der Waals surface area contributed by atoms with Crippen LogP contribution in [0, 0.1) is 0 Å². The van der Waals surface area contributed by atoms with Crippen LogP contribution in [-0.4, -0.2) is 62.7 Å². The van der Waals surface area contributed by atoms with E-state index in [0.717, 1.165) is 57.7 Å². The highest BCUT2D eigenvalue weighted by Crippen LogP contribution is 2.28. The third-order valence-corrected chi connectivity index (χ3v) is 5.29. The molecule has 2 saturated heterocycles. The first-order chi connectivity index (χ1) is 11.7. The van der Waals surface area contributed by atoms with Gasteiger partial charge in [-0.2, -0.15) is 5.10 Å². The number of nitrogens with one attached hydrogen (secondary N) is 1. The molecule has 0 bridgehead atoms. The number of hydrogen-bond donors (Lipinski definition) is 1. The first kappa shape index (κ1) is 17.0. The largest absolute Gasteiger partial charge is 0.343 e. The smallest absolute Gasteiger partial charge is 0.341 e. The zero-order valence-corrected chi connectivity index (χ0v) is 14.4. The van der Waals surface area contributed by atoms with Gasteiger partial charge in [0.2, 0.25) is 5.91 Å². The molecule has 1 atom stereocenters. The molecule has 7 nitrogen and oxygen atoms in total. The zero-order valence-electron chi connectivity index (χ0n) is 14.4. The van der Waals surface area contributed by atoms with Crippen LogP contribution in [0.25, 0.3) is 0 Å². The molecule has 2 aliphatic rings. The van der Waals surface area contributed by atoms with E-state index in [-0.39, 0.29) is 23.6 Å². The molecule has 0 radical (unpaired) electrons. The van der Waals surface area contributed by atoms with Crippen LogP contribution in [0.4, 0.5) is 0 Å². The van der Waals surface area contributed by atoms with Crippen molar-refractivity contribution in [2.75, 3.05) is 26.2 Å². The van der Waals surface area contributed by atoms with Crippen LogP contribution in [-0.2, 0) is 11.3 Å². The van der Waals surface area contributed by atoms with Crippen molar-refractivity contribution in [2.45, 2.75) is 51.1 Å². The van der Waals surface area contributed by atoms with Crippen LogP contribution in [0.3, 0.4) is 0 Å². The topological polar surface area (TPSA) is 74.2 Å². The zero-order chi connectivity index (χ0) is 17.1. The van der Waals surface area contributed by atoms with Gasteiger partial charge in [0.25, 0.3) is 0 Å². The van der Waals surface area contributed by atoms with Gasteiger partial charge < -0.3 is 4.90 Å². The number of aromatic amines is 1. The fourth-order valence-electron chi connectivity index (χ4n) is 4.01. The predicted molar refractivity (Wildman–Crippen MR) is 91.9 cm³/mol. The average molecular weight is 333 g/mol. The number of carbonyl (C=O) groups is 1. The molecular formula is C17H27N5O2. The van der Waals surface area contributed by atoms with E-state index < -0.39 is 0 Å². The van der Waals surface area contributed by atoms with Crippen LogP contribution in [0.15, 0.2) is 17.4 Å².